The Hall–Kier alpha value is -1.36. The summed E-state index contributed by atoms with van der Waals surface area (Å²) < 4.78 is 7.16. The Bertz CT molecular complexity index is 364. The fraction of sp³-hybridized carbons (Fsp3) is 0.692. The molecule has 5 nitrogen and oxygen atoms in total. The highest BCUT2D eigenvalue weighted by Gasteiger charge is 2.26. The third-order valence-corrected chi connectivity index (χ3v) is 3.36. The van der Waals surface area contributed by atoms with Crippen molar-refractivity contribution in [2.24, 2.45) is 5.92 Å². The van der Waals surface area contributed by atoms with Crippen molar-refractivity contribution in [2.45, 2.75) is 26.3 Å². The second-order valence-electron chi connectivity index (χ2n) is 4.69. The zero-order valence-electron chi connectivity index (χ0n) is 10.9. The predicted octanol–water partition coefficient (Wildman–Crippen LogP) is 1.16. The zero-order valence-corrected chi connectivity index (χ0v) is 10.9. The summed E-state index contributed by atoms with van der Waals surface area (Å²) in [5.41, 5.74) is 0. The molecule has 0 amide bonds. The molecule has 0 bridgehead atoms. The Labute approximate surface area is 108 Å². The van der Waals surface area contributed by atoms with Crippen molar-refractivity contribution in [2.75, 3.05) is 26.2 Å². The molecule has 100 valence electrons. The molecule has 2 rings (SSSR count). The standard InChI is InChI=1S/C13H21N3O2/c1-2-18-13(17)12-4-3-6-15(10-12)8-9-16-7-5-14-11-16/h5,7,11-12H,2-4,6,8-10H2,1H3. The number of hydrogen-bond acceptors (Lipinski definition) is 4. The summed E-state index contributed by atoms with van der Waals surface area (Å²) in [5.74, 6) is 0.0197. The van der Waals surface area contributed by atoms with Crippen LogP contribution in [-0.2, 0) is 16.1 Å². The lowest BCUT2D eigenvalue weighted by Crippen LogP contribution is -2.40. The molecule has 1 aliphatic heterocycles. The Morgan fingerprint density at radius 2 is 2.39 bits per heavy atom. The van der Waals surface area contributed by atoms with E-state index in [0.717, 1.165) is 39.0 Å². The van der Waals surface area contributed by atoms with Crippen molar-refractivity contribution in [1.82, 2.24) is 14.5 Å². The average Bonchev–Trinajstić information content (AvgIpc) is 2.90. The van der Waals surface area contributed by atoms with Crippen LogP contribution in [0.3, 0.4) is 0 Å². The van der Waals surface area contributed by atoms with Gasteiger partial charge in [0.2, 0.25) is 0 Å². The molecule has 1 aliphatic rings. The maximum Gasteiger partial charge on any atom is 0.310 e. The minimum absolute atomic E-state index is 0.0372. The molecule has 1 saturated heterocycles. The number of likely N-dealkylation sites (tertiary alicyclic amines) is 1. The van der Waals surface area contributed by atoms with Crippen LogP contribution in [0.2, 0.25) is 0 Å². The van der Waals surface area contributed by atoms with Crippen LogP contribution in [0.15, 0.2) is 18.7 Å². The third kappa shape index (κ3) is 3.57. The molecule has 18 heavy (non-hydrogen) atoms. The van der Waals surface area contributed by atoms with Gasteiger partial charge in [-0.05, 0) is 26.3 Å². The molecule has 1 aromatic heterocycles. The average molecular weight is 251 g/mol. The topological polar surface area (TPSA) is 47.4 Å². The largest absolute Gasteiger partial charge is 0.466 e. The smallest absolute Gasteiger partial charge is 0.310 e. The van der Waals surface area contributed by atoms with Crippen LogP contribution < -0.4 is 0 Å². The van der Waals surface area contributed by atoms with Gasteiger partial charge in [-0.1, -0.05) is 0 Å². The van der Waals surface area contributed by atoms with Crippen molar-refractivity contribution < 1.29 is 9.53 Å². The number of esters is 1. The van der Waals surface area contributed by atoms with Gasteiger partial charge in [0.15, 0.2) is 0 Å². The molecule has 0 aromatic carbocycles. The SMILES string of the molecule is CCOC(=O)C1CCCN(CCn2ccnc2)C1. The normalized spacial score (nSPS) is 20.8. The third-order valence-electron chi connectivity index (χ3n) is 3.36. The monoisotopic (exact) mass is 251 g/mol. The molecule has 5 heteroatoms. The summed E-state index contributed by atoms with van der Waals surface area (Å²) in [5, 5.41) is 0. The van der Waals surface area contributed by atoms with Crippen LogP contribution in [0.4, 0.5) is 0 Å². The second kappa shape index (κ2) is 6.54. The van der Waals surface area contributed by atoms with Crippen LogP contribution in [0.1, 0.15) is 19.8 Å². The Balaban J connectivity index is 1.77. The van der Waals surface area contributed by atoms with Gasteiger partial charge in [-0.25, -0.2) is 4.98 Å². The van der Waals surface area contributed by atoms with E-state index in [1.54, 1.807) is 6.20 Å². The van der Waals surface area contributed by atoms with Crippen molar-refractivity contribution in [3.8, 4) is 0 Å². The predicted molar refractivity (Wildman–Crippen MR) is 68.0 cm³/mol. The lowest BCUT2D eigenvalue weighted by molar-refractivity contribution is -0.149. The van der Waals surface area contributed by atoms with E-state index in [-0.39, 0.29) is 11.9 Å². The maximum absolute atomic E-state index is 11.7. The van der Waals surface area contributed by atoms with Crippen molar-refractivity contribution in [3.05, 3.63) is 18.7 Å². The van der Waals surface area contributed by atoms with Crippen molar-refractivity contribution in [3.63, 3.8) is 0 Å². The number of ether oxygens (including phenoxy) is 1. The Kier molecular flexibility index (Phi) is 4.75. The molecule has 0 saturated carbocycles. The van der Waals surface area contributed by atoms with Gasteiger partial charge in [-0.15, -0.1) is 0 Å². The van der Waals surface area contributed by atoms with Gasteiger partial charge in [0, 0.05) is 32.0 Å². The summed E-state index contributed by atoms with van der Waals surface area (Å²) in [6.07, 6.45) is 7.62. The first kappa shape index (κ1) is 13.1. The number of piperidine rings is 1. The number of carbonyl (C=O) groups excluding carboxylic acids is 1. The van der Waals surface area contributed by atoms with Crippen LogP contribution in [0.25, 0.3) is 0 Å². The molecule has 1 atom stereocenters. The van der Waals surface area contributed by atoms with Crippen LogP contribution in [-0.4, -0.2) is 46.7 Å². The summed E-state index contributed by atoms with van der Waals surface area (Å²) in [6.45, 7) is 6.13. The molecule has 2 heterocycles. The number of aromatic nitrogens is 2. The van der Waals surface area contributed by atoms with Gasteiger partial charge in [-0.3, -0.25) is 4.79 Å². The number of hydrogen-bond donors (Lipinski definition) is 0. The van der Waals surface area contributed by atoms with Gasteiger partial charge in [0.25, 0.3) is 0 Å². The molecule has 0 spiro atoms. The minimum Gasteiger partial charge on any atom is -0.466 e. The highest BCUT2D eigenvalue weighted by molar-refractivity contribution is 5.72. The van der Waals surface area contributed by atoms with Crippen LogP contribution >= 0.6 is 0 Å². The van der Waals surface area contributed by atoms with Gasteiger partial charge in [0.1, 0.15) is 0 Å². The zero-order chi connectivity index (χ0) is 12.8. The van der Waals surface area contributed by atoms with Gasteiger partial charge in [0.05, 0.1) is 18.9 Å². The number of nitrogens with zero attached hydrogens (tertiary/aromatic N) is 3. The molecule has 1 unspecified atom stereocenters. The van der Waals surface area contributed by atoms with Gasteiger partial charge < -0.3 is 14.2 Å². The molecule has 1 fully saturated rings. The molecule has 0 N–H and O–H groups in total. The van der Waals surface area contributed by atoms with Crippen molar-refractivity contribution >= 4 is 5.97 Å². The van der Waals surface area contributed by atoms with E-state index in [1.165, 1.54) is 0 Å². The van der Waals surface area contributed by atoms with Crippen molar-refractivity contribution in [1.29, 1.82) is 0 Å². The molecule has 1 aromatic rings. The first-order valence-electron chi connectivity index (χ1n) is 6.64. The number of carbonyl (C=O) groups is 1. The fourth-order valence-electron chi connectivity index (χ4n) is 2.39. The summed E-state index contributed by atoms with van der Waals surface area (Å²) in [4.78, 5) is 18.1. The summed E-state index contributed by atoms with van der Waals surface area (Å²) in [6, 6.07) is 0. The highest BCUT2D eigenvalue weighted by atomic mass is 16.5. The highest BCUT2D eigenvalue weighted by Crippen LogP contribution is 2.17. The van der Waals surface area contributed by atoms with Crippen LogP contribution in [0, 0.1) is 5.92 Å². The molecule has 0 radical (unpaired) electrons. The van der Waals surface area contributed by atoms with E-state index in [9.17, 15) is 4.79 Å². The van der Waals surface area contributed by atoms with E-state index >= 15 is 0 Å². The minimum atomic E-state index is -0.0372. The number of imidazole rings is 1. The van der Waals surface area contributed by atoms with E-state index in [0.29, 0.717) is 6.61 Å². The molecule has 0 aliphatic carbocycles. The second-order valence-corrected chi connectivity index (χ2v) is 4.69. The first-order valence-corrected chi connectivity index (χ1v) is 6.64. The first-order chi connectivity index (χ1) is 8.79. The van der Waals surface area contributed by atoms with E-state index in [4.69, 9.17) is 4.74 Å². The van der Waals surface area contributed by atoms with E-state index in [2.05, 4.69) is 14.5 Å². The van der Waals surface area contributed by atoms with Gasteiger partial charge in [-0.2, -0.15) is 0 Å². The van der Waals surface area contributed by atoms with E-state index in [1.807, 2.05) is 19.4 Å². The lowest BCUT2D eigenvalue weighted by atomic mass is 9.98. The molecular formula is C13H21N3O2. The fourth-order valence-corrected chi connectivity index (χ4v) is 2.39. The Morgan fingerprint density at radius 3 is 3.11 bits per heavy atom. The quantitative estimate of drug-likeness (QED) is 0.737. The Morgan fingerprint density at radius 1 is 1.50 bits per heavy atom. The number of rotatable bonds is 5. The van der Waals surface area contributed by atoms with Gasteiger partial charge >= 0.3 is 5.97 Å². The van der Waals surface area contributed by atoms with E-state index < -0.39 is 0 Å². The lowest BCUT2D eigenvalue weighted by Gasteiger charge is -2.31. The summed E-state index contributed by atoms with van der Waals surface area (Å²) in [7, 11) is 0. The van der Waals surface area contributed by atoms with Crippen LogP contribution in [0.5, 0.6) is 0 Å². The molecular weight excluding hydrogens is 230 g/mol. The summed E-state index contributed by atoms with van der Waals surface area (Å²) >= 11 is 0. The maximum atomic E-state index is 11.7.